The first-order valence-electron chi connectivity index (χ1n) is 10.8. The van der Waals surface area contributed by atoms with E-state index >= 15 is 0 Å². The lowest BCUT2D eigenvalue weighted by molar-refractivity contribution is -0.134. The first-order chi connectivity index (χ1) is 14.0. The fourth-order valence-corrected chi connectivity index (χ4v) is 5.55. The normalized spacial score (nSPS) is 26.6. The lowest BCUT2D eigenvalue weighted by atomic mass is 9.68. The van der Waals surface area contributed by atoms with Gasteiger partial charge in [0.05, 0.1) is 17.1 Å². The van der Waals surface area contributed by atoms with Gasteiger partial charge in [0.2, 0.25) is 11.8 Å². The summed E-state index contributed by atoms with van der Waals surface area (Å²) in [5.74, 6) is -0.774. The third kappa shape index (κ3) is 2.94. The van der Waals surface area contributed by atoms with E-state index in [2.05, 4.69) is 45.9 Å². The molecule has 1 spiro atoms. The number of fused-ring (bicyclic) bond motifs is 1. The second kappa shape index (κ2) is 6.83. The van der Waals surface area contributed by atoms with Crippen molar-refractivity contribution in [3.8, 4) is 0 Å². The molecule has 1 saturated carbocycles. The molecular formula is C22H29N5O2. The van der Waals surface area contributed by atoms with E-state index in [1.165, 1.54) is 31.4 Å². The molecule has 1 aromatic carbocycles. The van der Waals surface area contributed by atoms with Crippen LogP contribution in [0.1, 0.15) is 56.6 Å². The Morgan fingerprint density at radius 3 is 2.76 bits per heavy atom. The Morgan fingerprint density at radius 2 is 2.07 bits per heavy atom. The number of imide groups is 1. The number of aromatic nitrogens is 2. The monoisotopic (exact) mass is 395 g/mol. The minimum Gasteiger partial charge on any atom is -0.366 e. The molecule has 7 nitrogen and oxygen atoms in total. The second-order valence-corrected chi connectivity index (χ2v) is 8.92. The van der Waals surface area contributed by atoms with E-state index in [0.29, 0.717) is 18.9 Å². The number of anilines is 1. The zero-order chi connectivity index (χ0) is 20.2. The highest BCUT2D eigenvalue weighted by Gasteiger charge is 2.46. The highest BCUT2D eigenvalue weighted by atomic mass is 16.2. The summed E-state index contributed by atoms with van der Waals surface area (Å²) in [5.41, 5.74) is 3.37. The van der Waals surface area contributed by atoms with Gasteiger partial charge in [-0.15, -0.1) is 0 Å². The summed E-state index contributed by atoms with van der Waals surface area (Å²) in [4.78, 5) is 26.5. The molecule has 2 aromatic rings. The molecule has 1 aliphatic carbocycles. The number of nitrogens with one attached hydrogen (secondary N) is 2. The summed E-state index contributed by atoms with van der Waals surface area (Å²) in [6.07, 6.45) is 7.08. The minimum atomic E-state index is -0.355. The number of hydrogen-bond acceptors (Lipinski definition) is 5. The van der Waals surface area contributed by atoms with Gasteiger partial charge in [-0.05, 0) is 63.8 Å². The van der Waals surface area contributed by atoms with Gasteiger partial charge in [0, 0.05) is 42.7 Å². The Kier molecular flexibility index (Phi) is 4.38. The highest BCUT2D eigenvalue weighted by molar-refractivity contribution is 6.02. The molecule has 2 unspecified atom stereocenters. The van der Waals surface area contributed by atoms with Crippen molar-refractivity contribution in [3.63, 3.8) is 0 Å². The number of rotatable bonds is 3. The van der Waals surface area contributed by atoms with Crippen LogP contribution in [0.2, 0.25) is 0 Å². The summed E-state index contributed by atoms with van der Waals surface area (Å²) < 4.78 is 1.88. The van der Waals surface area contributed by atoms with Gasteiger partial charge >= 0.3 is 0 Å². The molecule has 2 saturated heterocycles. The molecule has 154 valence electrons. The van der Waals surface area contributed by atoms with E-state index in [4.69, 9.17) is 0 Å². The maximum absolute atomic E-state index is 12.4. The van der Waals surface area contributed by atoms with Crippen LogP contribution in [0.25, 0.3) is 10.9 Å². The number of piperidine rings is 2. The number of benzene rings is 1. The third-order valence-electron chi connectivity index (χ3n) is 7.34. The number of hydrogen-bond donors (Lipinski definition) is 2. The summed E-state index contributed by atoms with van der Waals surface area (Å²) in [6, 6.07) is 7.15. The van der Waals surface area contributed by atoms with Gasteiger partial charge in [0.1, 0.15) is 0 Å². The molecule has 3 aliphatic rings. The molecule has 7 heteroatoms. The zero-order valence-electron chi connectivity index (χ0n) is 17.2. The van der Waals surface area contributed by atoms with E-state index in [1.807, 2.05) is 11.7 Å². The van der Waals surface area contributed by atoms with Gasteiger partial charge in [0.25, 0.3) is 0 Å². The Bertz CT molecular complexity index is 977. The van der Waals surface area contributed by atoms with Gasteiger partial charge in [0.15, 0.2) is 0 Å². The number of carbonyl (C=O) groups is 2. The van der Waals surface area contributed by atoms with Crippen LogP contribution in [0.3, 0.4) is 0 Å². The zero-order valence-corrected chi connectivity index (χ0v) is 17.2. The van der Waals surface area contributed by atoms with Gasteiger partial charge in [-0.2, -0.15) is 5.10 Å². The molecule has 0 bridgehead atoms. The third-order valence-corrected chi connectivity index (χ3v) is 7.34. The number of amides is 2. The fourth-order valence-electron chi connectivity index (χ4n) is 5.55. The van der Waals surface area contributed by atoms with Crippen molar-refractivity contribution in [1.29, 1.82) is 0 Å². The van der Waals surface area contributed by atoms with E-state index < -0.39 is 0 Å². The van der Waals surface area contributed by atoms with Crippen molar-refractivity contribution in [2.24, 2.45) is 7.05 Å². The second-order valence-electron chi connectivity index (χ2n) is 8.92. The largest absolute Gasteiger partial charge is 0.366 e. The standard InChI is InChI=1S/C22H29N5O2/c1-23-14-8-11-27(22(13-14)9-3-10-22)15-4-5-16-18(12-15)26(2)25-20(16)17-6-7-19(28)24-21(17)29/h4-5,12,14,17,23H,3,6-11,13H2,1-2H3,(H,24,28,29). The van der Waals surface area contributed by atoms with Crippen molar-refractivity contribution in [2.75, 3.05) is 18.5 Å². The number of aryl methyl sites for hydroxylation is 1. The fraction of sp³-hybridized carbons (Fsp3) is 0.591. The predicted molar refractivity (Wildman–Crippen MR) is 112 cm³/mol. The lowest BCUT2D eigenvalue weighted by Crippen LogP contribution is -2.61. The summed E-state index contributed by atoms with van der Waals surface area (Å²) in [6.45, 7) is 1.06. The molecule has 2 amide bonds. The Balaban J connectivity index is 1.49. The van der Waals surface area contributed by atoms with Crippen LogP contribution in [0.15, 0.2) is 18.2 Å². The van der Waals surface area contributed by atoms with E-state index in [9.17, 15) is 9.59 Å². The summed E-state index contributed by atoms with van der Waals surface area (Å²) in [5, 5.41) is 11.6. The number of nitrogens with zero attached hydrogens (tertiary/aromatic N) is 3. The van der Waals surface area contributed by atoms with Crippen LogP contribution in [0.5, 0.6) is 0 Å². The smallest absolute Gasteiger partial charge is 0.235 e. The molecule has 2 N–H and O–H groups in total. The van der Waals surface area contributed by atoms with Crippen LogP contribution < -0.4 is 15.5 Å². The first kappa shape index (κ1) is 18.6. The lowest BCUT2D eigenvalue weighted by Gasteiger charge is -2.56. The molecule has 5 rings (SSSR count). The molecular weight excluding hydrogens is 366 g/mol. The molecule has 3 heterocycles. The van der Waals surface area contributed by atoms with Gasteiger partial charge in [-0.25, -0.2) is 0 Å². The van der Waals surface area contributed by atoms with E-state index in [1.54, 1.807) is 0 Å². The highest BCUT2D eigenvalue weighted by Crippen LogP contribution is 2.47. The minimum absolute atomic E-state index is 0.190. The van der Waals surface area contributed by atoms with Gasteiger partial charge in [-0.1, -0.05) is 0 Å². The van der Waals surface area contributed by atoms with Crippen LogP contribution in [-0.2, 0) is 16.6 Å². The van der Waals surface area contributed by atoms with Crippen LogP contribution >= 0.6 is 0 Å². The van der Waals surface area contributed by atoms with Crippen molar-refractivity contribution < 1.29 is 9.59 Å². The van der Waals surface area contributed by atoms with E-state index in [-0.39, 0.29) is 23.3 Å². The average Bonchev–Trinajstić information content (AvgIpc) is 3.02. The quantitative estimate of drug-likeness (QED) is 0.779. The number of carbonyl (C=O) groups excluding carboxylic acids is 2. The van der Waals surface area contributed by atoms with Crippen LogP contribution in [0.4, 0.5) is 5.69 Å². The average molecular weight is 396 g/mol. The molecule has 2 atom stereocenters. The molecule has 0 radical (unpaired) electrons. The first-order valence-corrected chi connectivity index (χ1v) is 10.8. The topological polar surface area (TPSA) is 79.3 Å². The van der Waals surface area contributed by atoms with Gasteiger partial charge < -0.3 is 10.2 Å². The predicted octanol–water partition coefficient (Wildman–Crippen LogP) is 2.20. The summed E-state index contributed by atoms with van der Waals surface area (Å²) >= 11 is 0. The Hall–Kier alpha value is -2.41. The summed E-state index contributed by atoms with van der Waals surface area (Å²) in [7, 11) is 4.01. The van der Waals surface area contributed by atoms with Gasteiger partial charge in [-0.3, -0.25) is 19.6 Å². The van der Waals surface area contributed by atoms with Crippen LogP contribution in [0, 0.1) is 0 Å². The van der Waals surface area contributed by atoms with Crippen molar-refractivity contribution >= 4 is 28.4 Å². The van der Waals surface area contributed by atoms with Crippen LogP contribution in [-0.4, -0.2) is 46.8 Å². The van der Waals surface area contributed by atoms with E-state index in [0.717, 1.165) is 29.6 Å². The molecule has 3 fully saturated rings. The molecule has 2 aliphatic heterocycles. The maximum atomic E-state index is 12.4. The Morgan fingerprint density at radius 1 is 1.24 bits per heavy atom. The van der Waals surface area contributed by atoms with Crippen molar-refractivity contribution in [1.82, 2.24) is 20.4 Å². The van der Waals surface area contributed by atoms with Crippen molar-refractivity contribution in [3.05, 3.63) is 23.9 Å². The van der Waals surface area contributed by atoms with Crippen molar-refractivity contribution in [2.45, 2.75) is 62.4 Å². The Labute approximate surface area is 170 Å². The molecule has 29 heavy (non-hydrogen) atoms. The molecule has 1 aromatic heterocycles. The maximum Gasteiger partial charge on any atom is 0.235 e. The SMILES string of the molecule is CNC1CCN(c2ccc3c(C4CCC(=O)NC4=O)nn(C)c3c2)C2(CCC2)C1.